The summed E-state index contributed by atoms with van der Waals surface area (Å²) in [7, 11) is 0. The van der Waals surface area contributed by atoms with E-state index in [1.807, 2.05) is 12.1 Å². The minimum Gasteiger partial charge on any atom is -0.475 e. The molecule has 130 valence electrons. The van der Waals surface area contributed by atoms with E-state index < -0.39 is 24.3 Å². The predicted molar refractivity (Wildman–Crippen MR) is 63.3 cm³/mol. The SMILES string of the molecule is N#Cc1ccccc1C#N.O=C(O)C(F)(F)F.O=C(O)C(F)(F)F. The number of nitrogens with zero attached hydrogens (tertiary/aromatic N) is 2. The van der Waals surface area contributed by atoms with Gasteiger partial charge in [-0.2, -0.15) is 36.9 Å². The van der Waals surface area contributed by atoms with E-state index in [4.69, 9.17) is 30.3 Å². The lowest BCUT2D eigenvalue weighted by Gasteiger charge is -1.93. The maximum atomic E-state index is 10.6. The molecule has 0 unspecified atom stereocenters. The van der Waals surface area contributed by atoms with Crippen LogP contribution in [0.25, 0.3) is 0 Å². The van der Waals surface area contributed by atoms with Gasteiger partial charge in [-0.3, -0.25) is 0 Å². The summed E-state index contributed by atoms with van der Waals surface area (Å²) in [6.45, 7) is 0. The Balaban J connectivity index is 0. The first-order valence-corrected chi connectivity index (χ1v) is 5.26. The van der Waals surface area contributed by atoms with Crippen molar-refractivity contribution in [1.82, 2.24) is 0 Å². The zero-order chi connectivity index (χ0) is 19.6. The Morgan fingerprint density at radius 1 is 0.792 bits per heavy atom. The maximum Gasteiger partial charge on any atom is 0.490 e. The summed E-state index contributed by atoms with van der Waals surface area (Å²) in [5.74, 6) is -5.51. The zero-order valence-electron chi connectivity index (χ0n) is 11.2. The van der Waals surface area contributed by atoms with Crippen molar-refractivity contribution in [1.29, 1.82) is 10.5 Å². The van der Waals surface area contributed by atoms with E-state index >= 15 is 0 Å². The Morgan fingerprint density at radius 3 is 1.12 bits per heavy atom. The summed E-state index contributed by atoms with van der Waals surface area (Å²) in [5, 5.41) is 31.1. The molecular weight excluding hydrogens is 350 g/mol. The highest BCUT2D eigenvalue weighted by atomic mass is 19.4. The van der Waals surface area contributed by atoms with E-state index in [9.17, 15) is 26.3 Å². The lowest BCUT2D eigenvalue weighted by Crippen LogP contribution is -2.21. The van der Waals surface area contributed by atoms with Crippen LogP contribution in [0.3, 0.4) is 0 Å². The monoisotopic (exact) mass is 356 g/mol. The summed E-state index contributed by atoms with van der Waals surface area (Å²) >= 11 is 0. The van der Waals surface area contributed by atoms with Crippen LogP contribution >= 0.6 is 0 Å². The van der Waals surface area contributed by atoms with E-state index in [1.165, 1.54) is 0 Å². The molecule has 12 heteroatoms. The molecule has 0 fully saturated rings. The van der Waals surface area contributed by atoms with Gasteiger partial charge in [0.2, 0.25) is 0 Å². The first-order chi connectivity index (χ1) is 10.8. The van der Waals surface area contributed by atoms with Crippen molar-refractivity contribution >= 4 is 11.9 Å². The first-order valence-electron chi connectivity index (χ1n) is 5.26. The molecule has 0 aliphatic rings. The minimum atomic E-state index is -5.08. The van der Waals surface area contributed by atoms with Crippen LogP contribution in [0.4, 0.5) is 26.3 Å². The van der Waals surface area contributed by atoms with Crippen LogP contribution < -0.4 is 0 Å². The molecule has 0 saturated heterocycles. The normalized spacial score (nSPS) is 9.83. The van der Waals surface area contributed by atoms with Crippen molar-refractivity contribution in [3.05, 3.63) is 35.4 Å². The van der Waals surface area contributed by atoms with Gasteiger partial charge in [0.05, 0.1) is 11.1 Å². The van der Waals surface area contributed by atoms with Crippen LogP contribution in [0, 0.1) is 22.7 Å². The molecule has 2 N–H and O–H groups in total. The third-order valence-electron chi connectivity index (χ3n) is 1.65. The van der Waals surface area contributed by atoms with Gasteiger partial charge in [0.15, 0.2) is 0 Å². The summed E-state index contributed by atoms with van der Waals surface area (Å²) in [5.41, 5.74) is 0.870. The van der Waals surface area contributed by atoms with Gasteiger partial charge in [-0.15, -0.1) is 0 Å². The summed E-state index contributed by atoms with van der Waals surface area (Å²) in [4.78, 5) is 17.8. The fraction of sp³-hybridized carbons (Fsp3) is 0.167. The summed E-state index contributed by atoms with van der Waals surface area (Å²) in [6, 6.07) is 10.6. The van der Waals surface area contributed by atoms with Crippen LogP contribution in [0.15, 0.2) is 24.3 Å². The maximum absolute atomic E-state index is 10.6. The van der Waals surface area contributed by atoms with E-state index in [-0.39, 0.29) is 0 Å². The molecular formula is C12H6F6N2O4. The van der Waals surface area contributed by atoms with Crippen molar-refractivity contribution < 1.29 is 46.1 Å². The lowest BCUT2D eigenvalue weighted by molar-refractivity contribution is -0.193. The molecule has 0 atom stereocenters. The Morgan fingerprint density at radius 2 is 1.00 bits per heavy atom. The van der Waals surface area contributed by atoms with E-state index in [1.54, 1.807) is 24.3 Å². The van der Waals surface area contributed by atoms with Crippen molar-refractivity contribution in [3.8, 4) is 12.1 Å². The number of hydrogen-bond donors (Lipinski definition) is 2. The fourth-order valence-electron chi connectivity index (χ4n) is 0.678. The van der Waals surface area contributed by atoms with Crippen LogP contribution in [0.1, 0.15) is 11.1 Å². The highest BCUT2D eigenvalue weighted by Crippen LogP contribution is 2.13. The summed E-state index contributed by atoms with van der Waals surface area (Å²) < 4.78 is 63.5. The number of halogens is 6. The molecule has 24 heavy (non-hydrogen) atoms. The molecule has 0 amide bonds. The van der Waals surface area contributed by atoms with Crippen LogP contribution in [-0.4, -0.2) is 34.5 Å². The first kappa shape index (κ1) is 23.0. The third kappa shape index (κ3) is 10.4. The van der Waals surface area contributed by atoms with Crippen LogP contribution in [0.2, 0.25) is 0 Å². The molecule has 6 nitrogen and oxygen atoms in total. The van der Waals surface area contributed by atoms with Crippen molar-refractivity contribution in [2.45, 2.75) is 12.4 Å². The average Bonchev–Trinajstić information content (AvgIpc) is 2.46. The number of hydrogen-bond acceptors (Lipinski definition) is 4. The number of rotatable bonds is 0. The molecule has 0 aliphatic heterocycles. The number of carboxylic acid groups (broad SMARTS) is 2. The fourth-order valence-corrected chi connectivity index (χ4v) is 0.678. The van der Waals surface area contributed by atoms with Gasteiger partial charge in [-0.25, -0.2) is 9.59 Å². The quantitative estimate of drug-likeness (QED) is 0.689. The molecule has 1 aromatic rings. The molecule has 1 aromatic carbocycles. The highest BCUT2D eigenvalue weighted by molar-refractivity contribution is 5.73. The number of carboxylic acids is 2. The standard InChI is InChI=1S/C8H4N2.2C2HF3O2/c9-5-7-3-1-2-4-8(7)6-10;2*3-2(4,5)1(6)7/h1-4H;2*(H,6,7). The summed E-state index contributed by atoms with van der Waals surface area (Å²) in [6.07, 6.45) is -10.2. The van der Waals surface area contributed by atoms with E-state index in [0.29, 0.717) is 11.1 Å². The van der Waals surface area contributed by atoms with Gasteiger partial charge in [-0.1, -0.05) is 12.1 Å². The number of carbonyl (C=O) groups is 2. The van der Waals surface area contributed by atoms with E-state index in [2.05, 4.69) is 0 Å². The smallest absolute Gasteiger partial charge is 0.475 e. The highest BCUT2D eigenvalue weighted by Gasteiger charge is 2.38. The Kier molecular flexibility index (Phi) is 9.27. The van der Waals surface area contributed by atoms with Gasteiger partial charge in [0.25, 0.3) is 0 Å². The van der Waals surface area contributed by atoms with Gasteiger partial charge >= 0.3 is 24.3 Å². The molecule has 1 rings (SSSR count). The van der Waals surface area contributed by atoms with Gasteiger partial charge in [0, 0.05) is 0 Å². The number of aliphatic carboxylic acids is 2. The zero-order valence-corrected chi connectivity index (χ0v) is 11.2. The molecule has 0 heterocycles. The second-order valence-corrected chi connectivity index (χ2v) is 3.38. The molecule has 0 spiro atoms. The second-order valence-electron chi connectivity index (χ2n) is 3.38. The average molecular weight is 356 g/mol. The molecule has 0 saturated carbocycles. The topological polar surface area (TPSA) is 122 Å². The Bertz CT molecular complexity index is 598. The number of nitriles is 2. The lowest BCUT2D eigenvalue weighted by atomic mass is 10.1. The second kappa shape index (κ2) is 9.68. The van der Waals surface area contributed by atoms with Crippen molar-refractivity contribution in [3.63, 3.8) is 0 Å². The number of benzene rings is 1. The largest absolute Gasteiger partial charge is 0.490 e. The molecule has 0 aromatic heterocycles. The van der Waals surface area contributed by atoms with Crippen LogP contribution in [0.5, 0.6) is 0 Å². The van der Waals surface area contributed by atoms with Crippen molar-refractivity contribution in [2.24, 2.45) is 0 Å². The Labute approximate surface area is 129 Å². The van der Waals surface area contributed by atoms with Gasteiger partial charge < -0.3 is 10.2 Å². The third-order valence-corrected chi connectivity index (χ3v) is 1.65. The van der Waals surface area contributed by atoms with Gasteiger partial charge in [-0.05, 0) is 12.1 Å². The molecule has 0 bridgehead atoms. The predicted octanol–water partition coefficient (Wildman–Crippen LogP) is 2.70. The van der Waals surface area contributed by atoms with Gasteiger partial charge in [0.1, 0.15) is 12.1 Å². The molecule has 0 radical (unpaired) electrons. The number of alkyl halides is 6. The molecule has 0 aliphatic carbocycles. The Hall–Kier alpha value is -3.28. The minimum absolute atomic E-state index is 0.435. The van der Waals surface area contributed by atoms with Crippen molar-refractivity contribution in [2.75, 3.05) is 0 Å². The van der Waals surface area contributed by atoms with E-state index in [0.717, 1.165) is 0 Å². The van der Waals surface area contributed by atoms with Crippen LogP contribution in [-0.2, 0) is 9.59 Å².